The number of carbonyl (C=O) groups is 1. The maximum absolute atomic E-state index is 13.1. The molecule has 0 N–H and O–H groups in total. The monoisotopic (exact) mass is 455 g/mol. The van der Waals surface area contributed by atoms with Crippen LogP contribution in [0.25, 0.3) is 0 Å². The number of piperidine rings is 1. The van der Waals surface area contributed by atoms with Crippen LogP contribution in [-0.4, -0.2) is 60.8 Å². The van der Waals surface area contributed by atoms with E-state index in [1.165, 1.54) is 0 Å². The molecule has 2 fully saturated rings. The number of carbonyl (C=O) groups excluding carboxylic acids is 1. The van der Waals surface area contributed by atoms with Gasteiger partial charge in [0.25, 0.3) is 0 Å². The van der Waals surface area contributed by atoms with Crippen LogP contribution >= 0.6 is 0 Å². The molecule has 6 nitrogen and oxygen atoms in total. The molecule has 2 aliphatic heterocycles. The van der Waals surface area contributed by atoms with Gasteiger partial charge in [-0.1, -0.05) is 63.2 Å². The minimum absolute atomic E-state index is 0.0166. The summed E-state index contributed by atoms with van der Waals surface area (Å²) in [5.41, 5.74) is 2.22. The van der Waals surface area contributed by atoms with Crippen molar-refractivity contribution in [2.24, 2.45) is 0 Å². The van der Waals surface area contributed by atoms with Gasteiger partial charge in [0.05, 0.1) is 4.90 Å². The molecular weight excluding hydrogens is 422 g/mol. The summed E-state index contributed by atoms with van der Waals surface area (Å²) in [6.07, 6.45) is 1.34. The molecule has 2 aromatic rings. The third-order valence-corrected chi connectivity index (χ3v) is 8.48. The second-order valence-electron chi connectivity index (χ2n) is 9.79. The Balaban J connectivity index is 1.36. The lowest BCUT2D eigenvalue weighted by Crippen LogP contribution is -2.47. The van der Waals surface area contributed by atoms with E-state index < -0.39 is 10.0 Å². The summed E-state index contributed by atoms with van der Waals surface area (Å²) in [5.74, 6) is 0. The van der Waals surface area contributed by atoms with E-state index in [1.807, 2.05) is 52.3 Å². The lowest BCUT2D eigenvalue weighted by atomic mass is 9.87. The van der Waals surface area contributed by atoms with Gasteiger partial charge < -0.3 is 9.80 Å². The van der Waals surface area contributed by atoms with Gasteiger partial charge in [0.15, 0.2) is 0 Å². The summed E-state index contributed by atoms with van der Waals surface area (Å²) in [6, 6.07) is 17.4. The Hall–Kier alpha value is -2.38. The molecule has 0 saturated carbocycles. The fourth-order valence-electron chi connectivity index (χ4n) is 4.56. The average molecular weight is 456 g/mol. The van der Waals surface area contributed by atoms with Gasteiger partial charge in [-0.2, -0.15) is 4.31 Å². The number of benzene rings is 2. The first kappa shape index (κ1) is 22.8. The number of rotatable bonds is 5. The third kappa shape index (κ3) is 4.69. The Morgan fingerprint density at radius 3 is 2.09 bits per heavy atom. The van der Waals surface area contributed by atoms with Gasteiger partial charge in [0.1, 0.15) is 0 Å². The molecule has 2 aliphatic rings. The van der Waals surface area contributed by atoms with Crippen molar-refractivity contribution in [2.75, 3.05) is 26.2 Å². The first-order valence-electron chi connectivity index (χ1n) is 11.4. The SMILES string of the molecule is CC(C)(C)c1ccc(S(=O)(=O)N2CCC(N3CCN(Cc4ccccc4)C3=O)CC2)cc1. The van der Waals surface area contributed by atoms with Crippen molar-refractivity contribution in [1.29, 1.82) is 0 Å². The highest BCUT2D eigenvalue weighted by atomic mass is 32.2. The van der Waals surface area contributed by atoms with E-state index in [0.29, 0.717) is 50.5 Å². The van der Waals surface area contributed by atoms with Crippen molar-refractivity contribution >= 4 is 16.1 Å². The van der Waals surface area contributed by atoms with Crippen molar-refractivity contribution in [2.45, 2.75) is 56.5 Å². The summed E-state index contributed by atoms with van der Waals surface area (Å²) in [6.45, 7) is 9.26. The van der Waals surface area contributed by atoms with Crippen LogP contribution in [0.3, 0.4) is 0 Å². The summed E-state index contributed by atoms with van der Waals surface area (Å²) >= 11 is 0. The summed E-state index contributed by atoms with van der Waals surface area (Å²) in [4.78, 5) is 17.1. The summed E-state index contributed by atoms with van der Waals surface area (Å²) in [5, 5.41) is 0. The van der Waals surface area contributed by atoms with Gasteiger partial charge in [-0.25, -0.2) is 13.2 Å². The Kier molecular flexibility index (Phi) is 6.32. The number of urea groups is 1. The second kappa shape index (κ2) is 8.87. The highest BCUT2D eigenvalue weighted by Gasteiger charge is 2.37. The quantitative estimate of drug-likeness (QED) is 0.683. The minimum Gasteiger partial charge on any atom is -0.320 e. The molecule has 0 spiro atoms. The van der Waals surface area contributed by atoms with Crippen LogP contribution in [0, 0.1) is 0 Å². The van der Waals surface area contributed by atoms with Gasteiger partial charge in [0, 0.05) is 38.8 Å². The first-order chi connectivity index (χ1) is 15.2. The van der Waals surface area contributed by atoms with Crippen molar-refractivity contribution in [3.63, 3.8) is 0 Å². The largest absolute Gasteiger partial charge is 0.320 e. The number of hydrogen-bond acceptors (Lipinski definition) is 3. The van der Waals surface area contributed by atoms with E-state index >= 15 is 0 Å². The Morgan fingerprint density at radius 1 is 0.875 bits per heavy atom. The van der Waals surface area contributed by atoms with Crippen molar-refractivity contribution in [3.8, 4) is 0 Å². The molecule has 2 heterocycles. The van der Waals surface area contributed by atoms with Crippen molar-refractivity contribution < 1.29 is 13.2 Å². The molecule has 4 rings (SSSR count). The van der Waals surface area contributed by atoms with E-state index in [0.717, 1.165) is 11.1 Å². The molecule has 0 aromatic heterocycles. The Labute approximate surface area is 191 Å². The van der Waals surface area contributed by atoms with Crippen LogP contribution in [-0.2, 0) is 22.0 Å². The third-order valence-electron chi connectivity index (χ3n) is 6.57. The van der Waals surface area contributed by atoms with Gasteiger partial charge in [-0.05, 0) is 41.5 Å². The Bertz CT molecular complexity index is 1040. The van der Waals surface area contributed by atoms with Crippen LogP contribution in [0.2, 0.25) is 0 Å². The van der Waals surface area contributed by atoms with E-state index in [2.05, 4.69) is 20.8 Å². The zero-order chi connectivity index (χ0) is 22.9. The maximum Gasteiger partial charge on any atom is 0.320 e. The molecule has 0 bridgehead atoms. The van der Waals surface area contributed by atoms with Crippen LogP contribution < -0.4 is 0 Å². The predicted molar refractivity (Wildman–Crippen MR) is 126 cm³/mol. The van der Waals surface area contributed by atoms with E-state index in [-0.39, 0.29) is 17.5 Å². The van der Waals surface area contributed by atoms with Gasteiger partial charge in [-0.3, -0.25) is 0 Å². The lowest BCUT2D eigenvalue weighted by molar-refractivity contribution is 0.153. The minimum atomic E-state index is -3.52. The topological polar surface area (TPSA) is 60.9 Å². The van der Waals surface area contributed by atoms with Crippen LogP contribution in [0.1, 0.15) is 44.7 Å². The molecule has 7 heteroatoms. The highest BCUT2D eigenvalue weighted by Crippen LogP contribution is 2.28. The molecule has 0 radical (unpaired) electrons. The molecule has 2 aromatic carbocycles. The zero-order valence-corrected chi connectivity index (χ0v) is 20.0. The van der Waals surface area contributed by atoms with Crippen molar-refractivity contribution in [1.82, 2.24) is 14.1 Å². The number of sulfonamides is 1. The van der Waals surface area contributed by atoms with Crippen molar-refractivity contribution in [3.05, 3.63) is 65.7 Å². The number of hydrogen-bond donors (Lipinski definition) is 0. The molecule has 0 unspecified atom stereocenters. The van der Waals surface area contributed by atoms with E-state index in [4.69, 9.17) is 0 Å². The molecule has 0 atom stereocenters. The van der Waals surface area contributed by atoms with Crippen LogP contribution in [0.5, 0.6) is 0 Å². The predicted octanol–water partition coefficient (Wildman–Crippen LogP) is 4.08. The molecule has 2 amide bonds. The van der Waals surface area contributed by atoms with Gasteiger partial charge in [0.2, 0.25) is 10.0 Å². The highest BCUT2D eigenvalue weighted by molar-refractivity contribution is 7.89. The molecule has 172 valence electrons. The maximum atomic E-state index is 13.1. The molecule has 2 saturated heterocycles. The smallest absolute Gasteiger partial charge is 0.320 e. The van der Waals surface area contributed by atoms with Crippen LogP contribution in [0.4, 0.5) is 4.79 Å². The zero-order valence-electron chi connectivity index (χ0n) is 19.2. The van der Waals surface area contributed by atoms with E-state index in [9.17, 15) is 13.2 Å². The van der Waals surface area contributed by atoms with Gasteiger partial charge in [-0.15, -0.1) is 0 Å². The van der Waals surface area contributed by atoms with Crippen LogP contribution in [0.15, 0.2) is 59.5 Å². The fourth-order valence-corrected chi connectivity index (χ4v) is 6.03. The standard InChI is InChI=1S/C25H33N3O3S/c1-25(2,3)21-9-11-23(12-10-21)32(30,31)27-15-13-22(14-16-27)28-18-17-26(24(28)29)19-20-7-5-4-6-8-20/h4-12,22H,13-19H2,1-3H3. The molecular formula is C25H33N3O3S. The second-order valence-corrected chi connectivity index (χ2v) is 11.7. The molecule has 32 heavy (non-hydrogen) atoms. The summed E-state index contributed by atoms with van der Waals surface area (Å²) in [7, 11) is -3.52. The normalized spacial score (nSPS) is 19.0. The average Bonchev–Trinajstić information content (AvgIpc) is 3.14. The molecule has 0 aliphatic carbocycles. The van der Waals surface area contributed by atoms with E-state index in [1.54, 1.807) is 16.4 Å². The Morgan fingerprint density at radius 2 is 1.50 bits per heavy atom. The number of amides is 2. The summed E-state index contributed by atoms with van der Waals surface area (Å²) < 4.78 is 27.8. The number of nitrogens with zero attached hydrogens (tertiary/aromatic N) is 3. The fraction of sp³-hybridized carbons (Fsp3) is 0.480. The first-order valence-corrected chi connectivity index (χ1v) is 12.8. The van der Waals surface area contributed by atoms with Gasteiger partial charge >= 0.3 is 6.03 Å². The lowest BCUT2D eigenvalue weighted by Gasteiger charge is -2.36.